The van der Waals surface area contributed by atoms with E-state index >= 15 is 0 Å². The summed E-state index contributed by atoms with van der Waals surface area (Å²) in [5.41, 5.74) is 3.81. The van der Waals surface area contributed by atoms with E-state index in [1.165, 1.54) is 23.3 Å². The first-order valence-electron chi connectivity index (χ1n) is 5.39. The summed E-state index contributed by atoms with van der Waals surface area (Å²) < 4.78 is 0. The second kappa shape index (κ2) is 6.47. The van der Waals surface area contributed by atoms with Gasteiger partial charge >= 0.3 is 0 Å². The number of allylic oxidation sites excluding steroid dienone is 3. The summed E-state index contributed by atoms with van der Waals surface area (Å²) in [6.07, 6.45) is 4.32. The molecule has 1 nitrogen and oxygen atoms in total. The Morgan fingerprint density at radius 3 is 2.36 bits per heavy atom. The Balaban J connectivity index is 0.000000791. The van der Waals surface area contributed by atoms with Crippen molar-refractivity contribution in [1.29, 1.82) is 0 Å². The van der Waals surface area contributed by atoms with E-state index in [0.717, 1.165) is 13.0 Å². The number of likely N-dealkylation sites (N-methyl/N-ethyl adjacent to an activating group) is 1. The highest BCUT2D eigenvalue weighted by Gasteiger charge is 2.14. The smallest absolute Gasteiger partial charge is 0.0392 e. The van der Waals surface area contributed by atoms with Gasteiger partial charge in [-0.2, -0.15) is 0 Å². The second-order valence-corrected chi connectivity index (χ2v) is 3.37. The van der Waals surface area contributed by atoms with E-state index in [1.54, 1.807) is 0 Å². The molecule has 0 amide bonds. The van der Waals surface area contributed by atoms with Gasteiger partial charge in [-0.05, 0) is 31.4 Å². The van der Waals surface area contributed by atoms with E-state index in [9.17, 15) is 0 Å². The summed E-state index contributed by atoms with van der Waals surface area (Å²) >= 11 is 0. The molecule has 0 spiro atoms. The maximum atomic E-state index is 3.98. The molecule has 0 saturated carbocycles. The minimum absolute atomic E-state index is 1.14. The SMILES string of the molecule is C=CC1=C(C(=C)C)CCCN1C.CC. The van der Waals surface area contributed by atoms with Gasteiger partial charge in [0.25, 0.3) is 0 Å². The van der Waals surface area contributed by atoms with Crippen LogP contribution in [0, 0.1) is 0 Å². The van der Waals surface area contributed by atoms with E-state index in [1.807, 2.05) is 19.9 Å². The van der Waals surface area contributed by atoms with E-state index in [4.69, 9.17) is 0 Å². The lowest BCUT2D eigenvalue weighted by molar-refractivity contribution is 0.393. The van der Waals surface area contributed by atoms with Crippen molar-refractivity contribution in [2.45, 2.75) is 33.6 Å². The highest BCUT2D eigenvalue weighted by atomic mass is 15.1. The fraction of sp³-hybridized carbons (Fsp3) is 0.538. The molecule has 1 aliphatic heterocycles. The standard InChI is InChI=1S/C11H17N.C2H6/c1-5-11-10(9(2)3)7-6-8-12(11)4;1-2/h5H,1-2,6-8H2,3-4H3;1-2H3. The quantitative estimate of drug-likeness (QED) is 0.645. The molecule has 0 aromatic heterocycles. The lowest BCUT2D eigenvalue weighted by Gasteiger charge is -2.29. The van der Waals surface area contributed by atoms with E-state index in [-0.39, 0.29) is 0 Å². The van der Waals surface area contributed by atoms with Gasteiger partial charge in [-0.1, -0.05) is 32.6 Å². The Morgan fingerprint density at radius 2 is 2.00 bits per heavy atom. The summed E-state index contributed by atoms with van der Waals surface area (Å²) in [4.78, 5) is 2.25. The van der Waals surface area contributed by atoms with Crippen LogP contribution in [0.2, 0.25) is 0 Å². The predicted molar refractivity (Wildman–Crippen MR) is 65.2 cm³/mol. The normalized spacial score (nSPS) is 15.9. The van der Waals surface area contributed by atoms with Gasteiger partial charge in [0.05, 0.1) is 0 Å². The molecule has 0 saturated heterocycles. The van der Waals surface area contributed by atoms with Crippen LogP contribution in [-0.2, 0) is 0 Å². The molecule has 1 aliphatic rings. The molecular formula is C13H23N. The van der Waals surface area contributed by atoms with Crippen molar-refractivity contribution >= 4 is 0 Å². The van der Waals surface area contributed by atoms with Gasteiger partial charge < -0.3 is 4.90 Å². The van der Waals surface area contributed by atoms with Crippen molar-refractivity contribution in [3.63, 3.8) is 0 Å². The minimum atomic E-state index is 1.14. The summed E-state index contributed by atoms with van der Waals surface area (Å²) in [7, 11) is 2.11. The predicted octanol–water partition coefficient (Wildman–Crippen LogP) is 3.75. The van der Waals surface area contributed by atoms with Crippen LogP contribution in [-0.4, -0.2) is 18.5 Å². The molecule has 1 heteroatoms. The van der Waals surface area contributed by atoms with Gasteiger partial charge in [-0.15, -0.1) is 0 Å². The van der Waals surface area contributed by atoms with Crippen molar-refractivity contribution in [2.24, 2.45) is 0 Å². The Kier molecular flexibility index (Phi) is 6.02. The second-order valence-electron chi connectivity index (χ2n) is 3.37. The molecule has 0 radical (unpaired) electrons. The van der Waals surface area contributed by atoms with Crippen LogP contribution in [0.25, 0.3) is 0 Å². The summed E-state index contributed by atoms with van der Waals surface area (Å²) in [6.45, 7) is 15.0. The van der Waals surface area contributed by atoms with Crippen molar-refractivity contribution in [3.05, 3.63) is 36.1 Å². The first-order valence-corrected chi connectivity index (χ1v) is 5.39. The van der Waals surface area contributed by atoms with Crippen molar-refractivity contribution in [1.82, 2.24) is 4.90 Å². The minimum Gasteiger partial charge on any atom is -0.374 e. The molecule has 0 bridgehead atoms. The molecule has 1 rings (SSSR count). The third-order valence-electron chi connectivity index (χ3n) is 2.35. The molecule has 0 unspecified atom stereocenters. The van der Waals surface area contributed by atoms with Crippen molar-refractivity contribution in [3.8, 4) is 0 Å². The van der Waals surface area contributed by atoms with Crippen LogP contribution in [0.5, 0.6) is 0 Å². The van der Waals surface area contributed by atoms with Gasteiger partial charge in [0, 0.05) is 19.3 Å². The summed E-state index contributed by atoms with van der Waals surface area (Å²) in [5, 5.41) is 0. The Labute approximate surface area is 88.8 Å². The number of hydrogen-bond acceptors (Lipinski definition) is 1. The third kappa shape index (κ3) is 3.06. The zero-order valence-electron chi connectivity index (χ0n) is 10.1. The molecule has 0 atom stereocenters. The zero-order chi connectivity index (χ0) is 11.1. The van der Waals surface area contributed by atoms with Crippen LogP contribution >= 0.6 is 0 Å². The van der Waals surface area contributed by atoms with Crippen molar-refractivity contribution in [2.75, 3.05) is 13.6 Å². The summed E-state index contributed by atoms with van der Waals surface area (Å²) in [6, 6.07) is 0. The Bertz CT molecular complexity index is 236. The Hall–Kier alpha value is -0.980. The van der Waals surface area contributed by atoms with Gasteiger partial charge in [0.2, 0.25) is 0 Å². The molecular weight excluding hydrogens is 170 g/mol. The molecule has 0 N–H and O–H groups in total. The van der Waals surface area contributed by atoms with Gasteiger partial charge in [0.1, 0.15) is 0 Å². The molecule has 0 aromatic rings. The molecule has 0 aliphatic carbocycles. The zero-order valence-corrected chi connectivity index (χ0v) is 10.1. The maximum absolute atomic E-state index is 3.98. The summed E-state index contributed by atoms with van der Waals surface area (Å²) in [5.74, 6) is 0. The van der Waals surface area contributed by atoms with Gasteiger partial charge in [-0.25, -0.2) is 0 Å². The van der Waals surface area contributed by atoms with Gasteiger partial charge in [0.15, 0.2) is 0 Å². The van der Waals surface area contributed by atoms with Crippen LogP contribution < -0.4 is 0 Å². The van der Waals surface area contributed by atoms with E-state index in [2.05, 4.69) is 32.0 Å². The fourth-order valence-corrected chi connectivity index (χ4v) is 1.68. The molecule has 0 fully saturated rings. The third-order valence-corrected chi connectivity index (χ3v) is 2.35. The molecule has 80 valence electrons. The number of nitrogens with zero attached hydrogens (tertiary/aromatic N) is 1. The first kappa shape index (κ1) is 13.0. The van der Waals surface area contributed by atoms with Crippen LogP contribution in [0.1, 0.15) is 33.6 Å². The van der Waals surface area contributed by atoms with Crippen LogP contribution in [0.4, 0.5) is 0 Å². The maximum Gasteiger partial charge on any atom is 0.0392 e. The lowest BCUT2D eigenvalue weighted by Crippen LogP contribution is -2.23. The molecule has 14 heavy (non-hydrogen) atoms. The molecule has 0 aromatic carbocycles. The van der Waals surface area contributed by atoms with Crippen LogP contribution in [0.3, 0.4) is 0 Å². The van der Waals surface area contributed by atoms with Crippen molar-refractivity contribution < 1.29 is 0 Å². The highest BCUT2D eigenvalue weighted by molar-refractivity contribution is 5.37. The van der Waals surface area contributed by atoms with E-state index < -0.39 is 0 Å². The van der Waals surface area contributed by atoms with Crippen LogP contribution in [0.15, 0.2) is 36.1 Å². The average molecular weight is 193 g/mol. The van der Waals surface area contributed by atoms with Gasteiger partial charge in [-0.3, -0.25) is 0 Å². The largest absolute Gasteiger partial charge is 0.374 e. The first-order chi connectivity index (χ1) is 6.66. The number of rotatable bonds is 2. The number of hydrogen-bond donors (Lipinski definition) is 0. The lowest BCUT2D eigenvalue weighted by atomic mass is 9.97. The fourth-order valence-electron chi connectivity index (χ4n) is 1.68. The van der Waals surface area contributed by atoms with E-state index in [0.29, 0.717) is 0 Å². The average Bonchev–Trinajstić information content (AvgIpc) is 2.20. The topological polar surface area (TPSA) is 3.24 Å². The Morgan fingerprint density at radius 1 is 1.43 bits per heavy atom. The molecule has 1 heterocycles. The monoisotopic (exact) mass is 193 g/mol. The highest BCUT2D eigenvalue weighted by Crippen LogP contribution is 2.26.